The molecule has 3 rings (SSSR count). The summed E-state index contributed by atoms with van der Waals surface area (Å²) in [5.74, 6) is -2.39. The van der Waals surface area contributed by atoms with Gasteiger partial charge in [0.1, 0.15) is 23.0 Å². The average molecular weight is 339 g/mol. The molecule has 2 aromatic carbocycles. The van der Waals surface area contributed by atoms with E-state index in [0.717, 1.165) is 23.4 Å². The quantitative estimate of drug-likeness (QED) is 0.727. The predicted octanol–water partition coefficient (Wildman–Crippen LogP) is 4.66. The highest BCUT2D eigenvalue weighted by atomic mass is 19.1. The maximum Gasteiger partial charge on any atom is 0.274 e. The molecule has 0 unspecified atom stereocenters. The zero-order chi connectivity index (χ0) is 17.8. The van der Waals surface area contributed by atoms with Crippen molar-refractivity contribution in [2.45, 2.75) is 6.92 Å². The molecular weight excluding hydrogens is 324 g/mol. The third kappa shape index (κ3) is 3.80. The Kier molecular flexibility index (Phi) is 4.70. The lowest BCUT2D eigenvalue weighted by Gasteiger charge is -2.11. The van der Waals surface area contributed by atoms with E-state index in [1.165, 1.54) is 18.3 Å². The van der Waals surface area contributed by atoms with Crippen LogP contribution >= 0.6 is 0 Å². The minimum Gasteiger partial charge on any atom is -0.355 e. The second-order valence-corrected chi connectivity index (χ2v) is 5.42. The molecule has 0 saturated heterocycles. The number of halogens is 2. The van der Waals surface area contributed by atoms with Crippen molar-refractivity contribution in [3.63, 3.8) is 0 Å². The monoisotopic (exact) mass is 339 g/mol. The fraction of sp³-hybridized carbons (Fsp3) is 0.0526. The second kappa shape index (κ2) is 7.09. The van der Waals surface area contributed by atoms with Crippen LogP contribution in [0, 0.1) is 18.6 Å². The number of aryl methyl sites for hydroxylation is 1. The molecule has 0 saturated carbocycles. The van der Waals surface area contributed by atoms with Gasteiger partial charge < -0.3 is 10.6 Å². The molecule has 3 aromatic rings. The van der Waals surface area contributed by atoms with E-state index in [4.69, 9.17) is 0 Å². The molecular formula is C19H15F2N3O. The van der Waals surface area contributed by atoms with Crippen molar-refractivity contribution in [1.82, 2.24) is 4.98 Å². The van der Waals surface area contributed by atoms with Crippen LogP contribution in [0.3, 0.4) is 0 Å². The summed E-state index contributed by atoms with van der Waals surface area (Å²) in [5, 5.41) is 5.40. The molecule has 0 radical (unpaired) electrons. The van der Waals surface area contributed by atoms with Gasteiger partial charge in [0.2, 0.25) is 0 Å². The van der Waals surface area contributed by atoms with Gasteiger partial charge in [-0.25, -0.2) is 8.78 Å². The molecule has 1 aromatic heterocycles. The zero-order valence-corrected chi connectivity index (χ0v) is 13.4. The second-order valence-electron chi connectivity index (χ2n) is 5.42. The summed E-state index contributed by atoms with van der Waals surface area (Å²) in [6.07, 6.45) is 1.45. The molecule has 0 spiro atoms. The summed E-state index contributed by atoms with van der Waals surface area (Å²) in [7, 11) is 0. The lowest BCUT2D eigenvalue weighted by atomic mass is 10.2. The highest BCUT2D eigenvalue weighted by molar-refractivity contribution is 6.03. The number of para-hydroxylation sites is 2. The Bertz CT molecular complexity index is 908. The van der Waals surface area contributed by atoms with Crippen molar-refractivity contribution >= 4 is 23.0 Å². The molecule has 4 nitrogen and oxygen atoms in total. The minimum atomic E-state index is -0.845. The van der Waals surface area contributed by atoms with E-state index in [2.05, 4.69) is 15.6 Å². The maximum absolute atomic E-state index is 13.7. The summed E-state index contributed by atoms with van der Waals surface area (Å²) in [6, 6.07) is 14.3. The molecule has 1 heterocycles. The number of aromatic nitrogens is 1. The van der Waals surface area contributed by atoms with Gasteiger partial charge in [0.15, 0.2) is 0 Å². The molecule has 25 heavy (non-hydrogen) atoms. The number of pyridine rings is 1. The third-order valence-electron chi connectivity index (χ3n) is 3.62. The lowest BCUT2D eigenvalue weighted by molar-refractivity contribution is 0.102. The van der Waals surface area contributed by atoms with Crippen LogP contribution in [-0.4, -0.2) is 10.9 Å². The molecule has 0 aliphatic carbocycles. The third-order valence-corrected chi connectivity index (χ3v) is 3.62. The van der Waals surface area contributed by atoms with Gasteiger partial charge in [0.05, 0.1) is 0 Å². The highest BCUT2D eigenvalue weighted by Gasteiger charge is 2.14. The van der Waals surface area contributed by atoms with Gasteiger partial charge in [0, 0.05) is 17.6 Å². The molecule has 2 N–H and O–H groups in total. The van der Waals surface area contributed by atoms with Crippen LogP contribution in [0.25, 0.3) is 0 Å². The summed E-state index contributed by atoms with van der Waals surface area (Å²) in [4.78, 5) is 16.2. The number of benzene rings is 2. The minimum absolute atomic E-state index is 0.0428. The van der Waals surface area contributed by atoms with E-state index in [1.54, 1.807) is 6.07 Å². The molecule has 0 aliphatic rings. The van der Waals surface area contributed by atoms with Gasteiger partial charge in [-0.2, -0.15) is 0 Å². The van der Waals surface area contributed by atoms with E-state index >= 15 is 0 Å². The number of hydrogen-bond donors (Lipinski definition) is 2. The first-order valence-corrected chi connectivity index (χ1v) is 7.58. The van der Waals surface area contributed by atoms with Crippen molar-refractivity contribution in [3.8, 4) is 0 Å². The zero-order valence-electron chi connectivity index (χ0n) is 13.4. The first kappa shape index (κ1) is 16.6. The lowest BCUT2D eigenvalue weighted by Crippen LogP contribution is -2.16. The van der Waals surface area contributed by atoms with Crippen LogP contribution in [0.4, 0.5) is 25.8 Å². The Labute approximate surface area is 143 Å². The fourth-order valence-corrected chi connectivity index (χ4v) is 2.30. The number of nitrogens with zero attached hydrogens (tertiary/aromatic N) is 1. The summed E-state index contributed by atoms with van der Waals surface area (Å²) < 4.78 is 27.3. The van der Waals surface area contributed by atoms with Crippen molar-refractivity contribution < 1.29 is 13.6 Å². The Hall–Kier alpha value is -3.28. The number of anilines is 3. The van der Waals surface area contributed by atoms with E-state index in [-0.39, 0.29) is 5.69 Å². The molecule has 126 valence electrons. The number of amides is 1. The smallest absolute Gasteiger partial charge is 0.274 e. The van der Waals surface area contributed by atoms with E-state index < -0.39 is 23.2 Å². The van der Waals surface area contributed by atoms with Crippen LogP contribution < -0.4 is 10.6 Å². The van der Waals surface area contributed by atoms with Crippen molar-refractivity contribution in [2.24, 2.45) is 0 Å². The van der Waals surface area contributed by atoms with Gasteiger partial charge >= 0.3 is 0 Å². The number of carbonyl (C=O) groups is 1. The Balaban J connectivity index is 1.81. The normalized spacial score (nSPS) is 10.4. The SMILES string of the molecule is Cc1ccccc1Nc1ccnc(C(=O)Nc2c(F)cccc2F)c1. The van der Waals surface area contributed by atoms with Crippen LogP contribution in [0.5, 0.6) is 0 Å². The molecule has 0 atom stereocenters. The average Bonchev–Trinajstić information content (AvgIpc) is 2.60. The maximum atomic E-state index is 13.7. The number of nitrogens with one attached hydrogen (secondary N) is 2. The van der Waals surface area contributed by atoms with Gasteiger partial charge in [-0.05, 0) is 42.8 Å². The first-order chi connectivity index (χ1) is 12.0. The molecule has 0 aliphatic heterocycles. The first-order valence-electron chi connectivity index (χ1n) is 7.58. The van der Waals surface area contributed by atoms with Crippen molar-refractivity contribution in [3.05, 3.63) is 83.7 Å². The Morgan fingerprint density at radius 1 is 1.00 bits per heavy atom. The van der Waals surface area contributed by atoms with Crippen molar-refractivity contribution in [2.75, 3.05) is 10.6 Å². The van der Waals surface area contributed by atoms with Crippen LogP contribution in [-0.2, 0) is 0 Å². The van der Waals surface area contributed by atoms with Gasteiger partial charge in [-0.15, -0.1) is 0 Å². The fourth-order valence-electron chi connectivity index (χ4n) is 2.30. The van der Waals surface area contributed by atoms with Gasteiger partial charge in [-0.1, -0.05) is 24.3 Å². The summed E-state index contributed by atoms with van der Waals surface area (Å²) in [6.45, 7) is 1.96. The number of hydrogen-bond acceptors (Lipinski definition) is 3. The largest absolute Gasteiger partial charge is 0.355 e. The van der Waals surface area contributed by atoms with Gasteiger partial charge in [0.25, 0.3) is 5.91 Å². The summed E-state index contributed by atoms with van der Waals surface area (Å²) >= 11 is 0. The van der Waals surface area contributed by atoms with Gasteiger partial charge in [-0.3, -0.25) is 9.78 Å². The summed E-state index contributed by atoms with van der Waals surface area (Å²) in [5.41, 5.74) is 2.12. The molecule has 6 heteroatoms. The molecule has 1 amide bonds. The molecule has 0 bridgehead atoms. The van der Waals surface area contributed by atoms with Crippen molar-refractivity contribution in [1.29, 1.82) is 0 Å². The molecule has 0 fully saturated rings. The predicted molar refractivity (Wildman–Crippen MR) is 93.0 cm³/mol. The van der Waals surface area contributed by atoms with E-state index in [1.807, 2.05) is 31.2 Å². The standard InChI is InChI=1S/C19H15F2N3O/c1-12-5-2-3-8-16(12)23-13-9-10-22-17(11-13)19(25)24-18-14(20)6-4-7-15(18)21/h2-11H,1H3,(H,22,23)(H,24,25). The Morgan fingerprint density at radius 3 is 2.44 bits per heavy atom. The van der Waals surface area contributed by atoms with E-state index in [0.29, 0.717) is 5.69 Å². The van der Waals surface area contributed by atoms with E-state index in [9.17, 15) is 13.6 Å². The van der Waals surface area contributed by atoms with Crippen LogP contribution in [0.1, 0.15) is 16.1 Å². The number of carbonyl (C=O) groups excluding carboxylic acids is 1. The highest BCUT2D eigenvalue weighted by Crippen LogP contribution is 2.22. The van der Waals surface area contributed by atoms with Crippen LogP contribution in [0.15, 0.2) is 60.8 Å². The topological polar surface area (TPSA) is 54.0 Å². The number of rotatable bonds is 4. The Morgan fingerprint density at radius 2 is 1.72 bits per heavy atom. The van der Waals surface area contributed by atoms with Crippen LogP contribution in [0.2, 0.25) is 0 Å².